The van der Waals surface area contributed by atoms with E-state index in [1.807, 2.05) is 37.3 Å². The number of thiophene rings is 1. The van der Waals surface area contributed by atoms with Gasteiger partial charge in [-0.3, -0.25) is 0 Å². The van der Waals surface area contributed by atoms with Gasteiger partial charge >= 0.3 is 0 Å². The van der Waals surface area contributed by atoms with E-state index in [1.165, 1.54) is 7.11 Å². The SMILES string of the molecule is CCNC(=NCc1ccc(OC)c(O)c1)NCC(O)c1cc2ccccc2s1. The summed E-state index contributed by atoms with van der Waals surface area (Å²) in [6.07, 6.45) is -0.619. The summed E-state index contributed by atoms with van der Waals surface area (Å²) in [5.41, 5.74) is 0.862. The summed E-state index contributed by atoms with van der Waals surface area (Å²) >= 11 is 1.60. The Bertz CT molecular complexity index is 922. The van der Waals surface area contributed by atoms with E-state index in [4.69, 9.17) is 4.74 Å². The molecule has 0 spiro atoms. The molecule has 0 saturated carbocycles. The Labute approximate surface area is 168 Å². The third-order valence-electron chi connectivity index (χ3n) is 4.24. The van der Waals surface area contributed by atoms with Crippen molar-refractivity contribution in [1.29, 1.82) is 0 Å². The van der Waals surface area contributed by atoms with E-state index in [1.54, 1.807) is 23.5 Å². The average molecular weight is 400 g/mol. The van der Waals surface area contributed by atoms with Gasteiger partial charge in [-0.05, 0) is 42.1 Å². The summed E-state index contributed by atoms with van der Waals surface area (Å²) in [5, 5.41) is 27.9. The van der Waals surface area contributed by atoms with Crippen LogP contribution in [-0.2, 0) is 6.54 Å². The third-order valence-corrected chi connectivity index (χ3v) is 5.46. The predicted molar refractivity (Wildman–Crippen MR) is 114 cm³/mol. The van der Waals surface area contributed by atoms with Gasteiger partial charge in [-0.1, -0.05) is 24.3 Å². The Morgan fingerprint density at radius 1 is 1.18 bits per heavy atom. The maximum absolute atomic E-state index is 10.5. The number of hydrogen-bond donors (Lipinski definition) is 4. The zero-order valence-corrected chi connectivity index (χ0v) is 16.8. The first-order valence-electron chi connectivity index (χ1n) is 9.15. The molecule has 0 fully saturated rings. The van der Waals surface area contributed by atoms with Gasteiger partial charge in [-0.25, -0.2) is 4.99 Å². The molecule has 3 rings (SSSR count). The molecule has 148 valence electrons. The van der Waals surface area contributed by atoms with Crippen molar-refractivity contribution in [2.45, 2.75) is 19.6 Å². The minimum absolute atomic E-state index is 0.0911. The number of fused-ring (bicyclic) bond motifs is 1. The highest BCUT2D eigenvalue weighted by Crippen LogP contribution is 2.29. The summed E-state index contributed by atoms with van der Waals surface area (Å²) in [5.74, 6) is 1.13. The second-order valence-electron chi connectivity index (χ2n) is 6.28. The fourth-order valence-corrected chi connectivity index (χ4v) is 3.86. The molecule has 0 saturated heterocycles. The minimum Gasteiger partial charge on any atom is -0.504 e. The van der Waals surface area contributed by atoms with Crippen LogP contribution in [0.15, 0.2) is 53.5 Å². The van der Waals surface area contributed by atoms with Crippen molar-refractivity contribution >= 4 is 27.4 Å². The Kier molecular flexibility index (Phi) is 6.73. The summed E-state index contributed by atoms with van der Waals surface area (Å²) in [6, 6.07) is 15.3. The zero-order chi connectivity index (χ0) is 19.9. The molecule has 0 radical (unpaired) electrons. The lowest BCUT2D eigenvalue weighted by atomic mass is 10.2. The van der Waals surface area contributed by atoms with Crippen LogP contribution in [0.2, 0.25) is 0 Å². The van der Waals surface area contributed by atoms with Gasteiger partial charge in [0.05, 0.1) is 13.7 Å². The van der Waals surface area contributed by atoms with Gasteiger partial charge in [0, 0.05) is 22.7 Å². The van der Waals surface area contributed by atoms with Crippen LogP contribution in [0, 0.1) is 0 Å². The molecule has 3 aromatic rings. The number of ether oxygens (including phenoxy) is 1. The highest BCUT2D eigenvalue weighted by molar-refractivity contribution is 7.19. The Balaban J connectivity index is 1.63. The third kappa shape index (κ3) is 4.94. The second kappa shape index (κ2) is 9.43. The van der Waals surface area contributed by atoms with E-state index in [9.17, 15) is 10.2 Å². The Morgan fingerprint density at radius 3 is 2.71 bits per heavy atom. The Hall–Kier alpha value is -2.77. The molecule has 28 heavy (non-hydrogen) atoms. The monoisotopic (exact) mass is 399 g/mol. The highest BCUT2D eigenvalue weighted by atomic mass is 32.1. The van der Waals surface area contributed by atoms with Crippen molar-refractivity contribution in [3.8, 4) is 11.5 Å². The number of guanidine groups is 1. The number of phenolic OH excluding ortho intramolecular Hbond substituents is 1. The summed E-state index contributed by atoms with van der Waals surface area (Å²) in [6.45, 7) is 3.44. The molecule has 7 heteroatoms. The maximum atomic E-state index is 10.5. The van der Waals surface area contributed by atoms with Crippen LogP contribution in [0.5, 0.6) is 11.5 Å². The van der Waals surface area contributed by atoms with Crippen LogP contribution < -0.4 is 15.4 Å². The van der Waals surface area contributed by atoms with Gasteiger partial charge in [0.15, 0.2) is 17.5 Å². The fraction of sp³-hybridized carbons (Fsp3) is 0.286. The van der Waals surface area contributed by atoms with Crippen LogP contribution in [0.3, 0.4) is 0 Å². The Morgan fingerprint density at radius 2 is 2.00 bits per heavy atom. The predicted octanol–water partition coefficient (Wildman–Crippen LogP) is 3.40. The molecular weight excluding hydrogens is 374 g/mol. The quantitative estimate of drug-likeness (QED) is 0.361. The number of nitrogens with zero attached hydrogens (tertiary/aromatic N) is 1. The number of hydrogen-bond acceptors (Lipinski definition) is 5. The first-order valence-corrected chi connectivity index (χ1v) is 9.97. The molecule has 1 unspecified atom stereocenters. The number of methoxy groups -OCH3 is 1. The standard InChI is InChI=1S/C21H25N3O3S/c1-3-22-21(23-12-14-8-9-18(27-2)16(25)10-14)24-13-17(26)20-11-15-6-4-5-7-19(15)28-20/h4-11,17,25-26H,3,12-13H2,1-2H3,(H2,22,23,24). The van der Waals surface area contributed by atoms with Crippen molar-refractivity contribution in [2.75, 3.05) is 20.2 Å². The van der Waals surface area contributed by atoms with Crippen molar-refractivity contribution in [1.82, 2.24) is 10.6 Å². The van der Waals surface area contributed by atoms with Gasteiger partial charge < -0.3 is 25.6 Å². The lowest BCUT2D eigenvalue weighted by Crippen LogP contribution is -2.39. The molecule has 6 nitrogen and oxygen atoms in total. The molecule has 1 atom stereocenters. The minimum atomic E-state index is -0.619. The van der Waals surface area contributed by atoms with Gasteiger partial charge in [0.1, 0.15) is 6.10 Å². The van der Waals surface area contributed by atoms with Crippen LogP contribution >= 0.6 is 11.3 Å². The van der Waals surface area contributed by atoms with Gasteiger partial charge in [-0.2, -0.15) is 0 Å². The van der Waals surface area contributed by atoms with E-state index in [0.29, 0.717) is 31.3 Å². The van der Waals surface area contributed by atoms with Crippen LogP contribution in [0.1, 0.15) is 23.5 Å². The number of aliphatic hydroxyl groups excluding tert-OH is 1. The fourth-order valence-electron chi connectivity index (χ4n) is 2.81. The van der Waals surface area contributed by atoms with E-state index >= 15 is 0 Å². The topological polar surface area (TPSA) is 86.1 Å². The van der Waals surface area contributed by atoms with Gasteiger partial charge in [-0.15, -0.1) is 11.3 Å². The first-order chi connectivity index (χ1) is 13.6. The maximum Gasteiger partial charge on any atom is 0.191 e. The van der Waals surface area contributed by atoms with Gasteiger partial charge in [0.25, 0.3) is 0 Å². The van der Waals surface area contributed by atoms with Crippen molar-refractivity contribution in [3.63, 3.8) is 0 Å². The lowest BCUT2D eigenvalue weighted by molar-refractivity contribution is 0.184. The normalized spacial score (nSPS) is 12.8. The van der Waals surface area contributed by atoms with E-state index in [2.05, 4.69) is 21.7 Å². The second-order valence-corrected chi connectivity index (χ2v) is 7.40. The number of aliphatic imine (C=N–C) groups is 1. The molecule has 1 heterocycles. The van der Waals surface area contributed by atoms with Crippen LogP contribution in [0.25, 0.3) is 10.1 Å². The summed E-state index contributed by atoms with van der Waals surface area (Å²) in [7, 11) is 1.52. The molecule has 0 aliphatic carbocycles. The first kappa shape index (κ1) is 20.0. The number of phenols is 1. The zero-order valence-electron chi connectivity index (χ0n) is 16.0. The molecule has 0 amide bonds. The van der Waals surface area contributed by atoms with Crippen molar-refractivity contribution in [2.24, 2.45) is 4.99 Å². The van der Waals surface area contributed by atoms with E-state index in [0.717, 1.165) is 20.5 Å². The van der Waals surface area contributed by atoms with Crippen molar-refractivity contribution in [3.05, 3.63) is 59.0 Å². The molecule has 4 N–H and O–H groups in total. The van der Waals surface area contributed by atoms with E-state index in [-0.39, 0.29) is 5.75 Å². The average Bonchev–Trinajstić information content (AvgIpc) is 3.14. The number of aromatic hydroxyl groups is 1. The molecule has 1 aromatic heterocycles. The largest absolute Gasteiger partial charge is 0.504 e. The molecule has 0 aliphatic rings. The number of rotatable bonds is 7. The number of aliphatic hydroxyl groups is 1. The molecule has 0 aliphatic heterocycles. The lowest BCUT2D eigenvalue weighted by Gasteiger charge is -2.14. The molecular formula is C21H25N3O3S. The van der Waals surface area contributed by atoms with Gasteiger partial charge in [0.2, 0.25) is 0 Å². The summed E-state index contributed by atoms with van der Waals surface area (Å²) in [4.78, 5) is 5.44. The summed E-state index contributed by atoms with van der Waals surface area (Å²) < 4.78 is 6.22. The van der Waals surface area contributed by atoms with Crippen molar-refractivity contribution < 1.29 is 14.9 Å². The number of nitrogens with one attached hydrogen (secondary N) is 2. The number of benzene rings is 2. The van der Waals surface area contributed by atoms with Crippen LogP contribution in [0.4, 0.5) is 0 Å². The smallest absolute Gasteiger partial charge is 0.191 e. The molecule has 2 aromatic carbocycles. The molecule has 0 bridgehead atoms. The highest BCUT2D eigenvalue weighted by Gasteiger charge is 2.12. The van der Waals surface area contributed by atoms with Crippen LogP contribution in [-0.4, -0.2) is 36.4 Å². The van der Waals surface area contributed by atoms with E-state index < -0.39 is 6.10 Å².